The Bertz CT molecular complexity index is 1710. The van der Waals surface area contributed by atoms with E-state index in [4.69, 9.17) is 4.74 Å². The summed E-state index contributed by atoms with van der Waals surface area (Å²) < 4.78 is 49.9. The number of nitrogens with one attached hydrogen (secondary N) is 2. The van der Waals surface area contributed by atoms with Gasteiger partial charge in [0.1, 0.15) is 17.3 Å². The lowest BCUT2D eigenvalue weighted by Crippen LogP contribution is -2.35. The lowest BCUT2D eigenvalue weighted by molar-refractivity contribution is -0.115. The van der Waals surface area contributed by atoms with Crippen molar-refractivity contribution in [2.75, 3.05) is 18.4 Å². The van der Waals surface area contributed by atoms with Crippen LogP contribution in [-0.4, -0.2) is 47.4 Å². The van der Waals surface area contributed by atoms with Crippen LogP contribution in [0.1, 0.15) is 44.7 Å². The summed E-state index contributed by atoms with van der Waals surface area (Å²) in [5, 5.41) is 10.3. The predicted octanol–water partition coefficient (Wildman–Crippen LogP) is 5.13. The molecule has 1 fully saturated rings. The van der Waals surface area contributed by atoms with Crippen LogP contribution in [0.5, 0.6) is 11.5 Å². The lowest BCUT2D eigenvalue weighted by Gasteiger charge is -2.23. The number of halogens is 1. The van der Waals surface area contributed by atoms with E-state index >= 15 is 4.39 Å². The fraction of sp³-hybridized carbons (Fsp3) is 0.367. The Morgan fingerprint density at radius 1 is 1.15 bits per heavy atom. The van der Waals surface area contributed by atoms with E-state index in [0.29, 0.717) is 48.3 Å². The fourth-order valence-electron chi connectivity index (χ4n) is 4.89. The van der Waals surface area contributed by atoms with E-state index in [2.05, 4.69) is 20.7 Å². The number of rotatable bonds is 7. The number of aromatic nitrogens is 3. The van der Waals surface area contributed by atoms with Gasteiger partial charge in [-0.25, -0.2) is 12.8 Å². The SMILES string of the molecule is Cc1c(Oc2ccnc3ccc(S(=O)(=O)C4CCNCC4)cc23)ccc(CC(=O)Nc2cnn(C(C)(C)C)c2)c1F. The topological polar surface area (TPSA) is 115 Å². The van der Waals surface area contributed by atoms with Gasteiger partial charge < -0.3 is 15.4 Å². The van der Waals surface area contributed by atoms with E-state index < -0.39 is 20.9 Å². The van der Waals surface area contributed by atoms with Crippen molar-refractivity contribution in [3.63, 3.8) is 0 Å². The van der Waals surface area contributed by atoms with E-state index in [0.717, 1.165) is 0 Å². The molecule has 0 atom stereocenters. The van der Waals surface area contributed by atoms with Crippen LogP contribution in [0.15, 0.2) is 59.9 Å². The maximum atomic E-state index is 15.4. The summed E-state index contributed by atoms with van der Waals surface area (Å²) in [7, 11) is -3.53. The van der Waals surface area contributed by atoms with E-state index in [1.165, 1.54) is 6.07 Å². The molecule has 0 radical (unpaired) electrons. The molecule has 5 rings (SSSR count). The van der Waals surface area contributed by atoms with Crippen LogP contribution < -0.4 is 15.4 Å². The van der Waals surface area contributed by atoms with Crippen molar-refractivity contribution in [2.24, 2.45) is 0 Å². The molecule has 1 saturated heterocycles. The number of pyridine rings is 1. The first-order valence-electron chi connectivity index (χ1n) is 13.6. The summed E-state index contributed by atoms with van der Waals surface area (Å²) in [6.45, 7) is 8.90. The average molecular weight is 580 g/mol. The zero-order valence-electron chi connectivity index (χ0n) is 23.6. The number of hydrogen-bond acceptors (Lipinski definition) is 7. The number of nitrogens with zero attached hydrogens (tertiary/aromatic N) is 3. The Hall–Kier alpha value is -3.83. The van der Waals surface area contributed by atoms with Crippen LogP contribution in [0.3, 0.4) is 0 Å². The molecule has 2 N–H and O–H groups in total. The second-order valence-corrected chi connectivity index (χ2v) is 13.5. The molecule has 216 valence electrons. The van der Waals surface area contributed by atoms with E-state index in [9.17, 15) is 13.2 Å². The minimum atomic E-state index is -3.53. The van der Waals surface area contributed by atoms with Crippen LogP contribution >= 0.6 is 0 Å². The Kier molecular flexibility index (Phi) is 7.85. The van der Waals surface area contributed by atoms with Gasteiger partial charge in [0.05, 0.1) is 39.5 Å². The summed E-state index contributed by atoms with van der Waals surface area (Å²) in [4.78, 5) is 17.2. The number of benzene rings is 2. The first kappa shape index (κ1) is 28.7. The van der Waals surface area contributed by atoms with Crippen molar-refractivity contribution in [2.45, 2.75) is 62.6 Å². The normalized spacial score (nSPS) is 14.8. The zero-order valence-corrected chi connectivity index (χ0v) is 24.4. The number of piperidine rings is 1. The summed E-state index contributed by atoms with van der Waals surface area (Å²) >= 11 is 0. The number of hydrogen-bond donors (Lipinski definition) is 2. The van der Waals surface area contributed by atoms with Gasteiger partial charge in [0, 0.05) is 23.3 Å². The molecular weight excluding hydrogens is 545 g/mol. The molecule has 0 aliphatic carbocycles. The lowest BCUT2D eigenvalue weighted by atomic mass is 10.1. The molecule has 2 aromatic carbocycles. The van der Waals surface area contributed by atoms with Crippen molar-refractivity contribution in [3.8, 4) is 11.5 Å². The van der Waals surface area contributed by atoms with Crippen LogP contribution in [0.25, 0.3) is 10.9 Å². The van der Waals surface area contributed by atoms with Crippen molar-refractivity contribution in [1.29, 1.82) is 0 Å². The molecule has 1 aliphatic heterocycles. The predicted molar refractivity (Wildman–Crippen MR) is 156 cm³/mol. The highest BCUT2D eigenvalue weighted by Crippen LogP contribution is 2.34. The Labute approximate surface area is 239 Å². The largest absolute Gasteiger partial charge is 0.456 e. The van der Waals surface area contributed by atoms with Crippen LogP contribution in [0, 0.1) is 12.7 Å². The van der Waals surface area contributed by atoms with Crippen LogP contribution in [0.4, 0.5) is 10.1 Å². The number of sulfone groups is 1. The minimum Gasteiger partial charge on any atom is -0.456 e. The third kappa shape index (κ3) is 6.11. The van der Waals surface area contributed by atoms with Crippen LogP contribution in [0.2, 0.25) is 0 Å². The smallest absolute Gasteiger partial charge is 0.228 e. The summed E-state index contributed by atoms with van der Waals surface area (Å²) in [6, 6.07) is 9.58. The van der Waals surface area contributed by atoms with Gasteiger partial charge in [-0.05, 0) is 89.5 Å². The van der Waals surface area contributed by atoms with Gasteiger partial charge >= 0.3 is 0 Å². The van der Waals surface area contributed by atoms with Gasteiger partial charge in [0.25, 0.3) is 0 Å². The summed E-state index contributed by atoms with van der Waals surface area (Å²) in [5.41, 5.74) is 1.33. The number of amides is 1. The zero-order chi connectivity index (χ0) is 29.4. The van der Waals surface area contributed by atoms with E-state index in [1.807, 2.05) is 20.8 Å². The molecule has 41 heavy (non-hydrogen) atoms. The summed E-state index contributed by atoms with van der Waals surface area (Å²) in [5.74, 6) is -0.290. The maximum Gasteiger partial charge on any atom is 0.228 e. The molecule has 0 bridgehead atoms. The van der Waals surface area contributed by atoms with Crippen molar-refractivity contribution in [3.05, 3.63) is 71.9 Å². The van der Waals surface area contributed by atoms with Crippen molar-refractivity contribution >= 4 is 32.3 Å². The molecule has 1 aliphatic rings. The number of carbonyl (C=O) groups is 1. The van der Waals surface area contributed by atoms with E-state index in [-0.39, 0.29) is 39.6 Å². The van der Waals surface area contributed by atoms with Crippen LogP contribution in [-0.2, 0) is 26.6 Å². The third-order valence-corrected chi connectivity index (χ3v) is 9.53. The number of anilines is 1. The van der Waals surface area contributed by atoms with Gasteiger partial charge in [-0.15, -0.1) is 0 Å². The number of ether oxygens (including phenoxy) is 1. The van der Waals surface area contributed by atoms with Gasteiger partial charge in [0.15, 0.2) is 9.84 Å². The molecule has 2 aromatic heterocycles. The first-order valence-corrected chi connectivity index (χ1v) is 15.1. The molecule has 0 spiro atoms. The third-order valence-electron chi connectivity index (χ3n) is 7.27. The first-order chi connectivity index (χ1) is 19.4. The van der Waals surface area contributed by atoms with Gasteiger partial charge in [-0.1, -0.05) is 6.07 Å². The van der Waals surface area contributed by atoms with Crippen molar-refractivity contribution < 1.29 is 22.3 Å². The van der Waals surface area contributed by atoms with Gasteiger partial charge in [-0.3, -0.25) is 14.5 Å². The van der Waals surface area contributed by atoms with Gasteiger partial charge in [0.2, 0.25) is 5.91 Å². The Morgan fingerprint density at radius 2 is 1.90 bits per heavy atom. The van der Waals surface area contributed by atoms with E-state index in [1.54, 1.807) is 60.5 Å². The molecule has 0 unspecified atom stereocenters. The quantitative estimate of drug-likeness (QED) is 0.312. The molecule has 4 aromatic rings. The molecule has 1 amide bonds. The highest BCUT2D eigenvalue weighted by Gasteiger charge is 2.29. The average Bonchev–Trinajstić information content (AvgIpc) is 3.42. The standard InChI is InChI=1S/C30H34FN5O4S/c1-19-26(8-5-20(29(19)31)15-28(37)35-21-17-34-36(18-21)30(2,3)4)40-27-11-14-33-25-7-6-23(16-24(25)27)41(38,39)22-9-12-32-13-10-22/h5-8,11,14,16-18,22,32H,9-10,12-13,15H2,1-4H3,(H,35,37). The molecule has 0 saturated carbocycles. The maximum absolute atomic E-state index is 15.4. The number of fused-ring (bicyclic) bond motifs is 1. The monoisotopic (exact) mass is 579 g/mol. The molecule has 9 nitrogen and oxygen atoms in total. The molecular formula is C30H34FN5O4S. The van der Waals surface area contributed by atoms with Gasteiger partial charge in [-0.2, -0.15) is 5.10 Å². The molecule has 3 heterocycles. The fourth-order valence-corrected chi connectivity index (χ4v) is 6.67. The Balaban J connectivity index is 1.36. The second kappa shape index (κ2) is 11.2. The number of carbonyl (C=O) groups excluding carboxylic acids is 1. The summed E-state index contributed by atoms with van der Waals surface area (Å²) in [6.07, 6.45) is 5.80. The second-order valence-electron chi connectivity index (χ2n) is 11.3. The highest BCUT2D eigenvalue weighted by atomic mass is 32.2. The Morgan fingerprint density at radius 3 is 2.61 bits per heavy atom. The highest BCUT2D eigenvalue weighted by molar-refractivity contribution is 7.92. The minimum absolute atomic E-state index is 0.163. The van der Waals surface area contributed by atoms with Crippen molar-refractivity contribution in [1.82, 2.24) is 20.1 Å². The molecule has 11 heteroatoms.